The Morgan fingerprint density at radius 3 is 1.42 bits per heavy atom. The van der Waals surface area contributed by atoms with E-state index in [4.69, 9.17) is 0 Å². The molecule has 0 atom stereocenters. The zero-order valence-corrected chi connectivity index (χ0v) is 12.8. The maximum Gasteiger partial charge on any atom is 0.0184 e. The van der Waals surface area contributed by atoms with Crippen LogP contribution in [0.5, 0.6) is 0 Å². The molecule has 19 heavy (non-hydrogen) atoms. The average Bonchev–Trinajstić information content (AvgIpc) is 2.48. The van der Waals surface area contributed by atoms with Crippen LogP contribution in [0.2, 0.25) is 0 Å². The molecule has 0 N–H and O–H groups in total. The van der Waals surface area contributed by atoms with Crippen molar-refractivity contribution < 1.29 is 0 Å². The van der Waals surface area contributed by atoms with E-state index in [1.165, 1.54) is 29.1 Å². The van der Waals surface area contributed by atoms with Crippen molar-refractivity contribution in [1.82, 2.24) is 0 Å². The Morgan fingerprint density at radius 2 is 1.00 bits per heavy atom. The molecule has 0 unspecified atom stereocenters. The molecule has 0 spiro atoms. The summed E-state index contributed by atoms with van der Waals surface area (Å²) < 4.78 is 0. The van der Waals surface area contributed by atoms with Crippen LogP contribution < -0.4 is 0 Å². The van der Waals surface area contributed by atoms with Crippen molar-refractivity contribution in [3.63, 3.8) is 0 Å². The van der Waals surface area contributed by atoms with Crippen LogP contribution in [0, 0.1) is 0 Å². The van der Waals surface area contributed by atoms with Gasteiger partial charge in [0.2, 0.25) is 0 Å². The maximum absolute atomic E-state index is 2.21. The number of thioether (sulfide) groups is 2. The monoisotopic (exact) mass is 288 g/mol. The van der Waals surface area contributed by atoms with Crippen molar-refractivity contribution in [2.75, 3.05) is 11.5 Å². The van der Waals surface area contributed by atoms with Crippen LogP contribution in [0.1, 0.15) is 17.5 Å². The summed E-state index contributed by atoms with van der Waals surface area (Å²) in [5.74, 6) is 4.81. The lowest BCUT2D eigenvalue weighted by Crippen LogP contribution is -1.87. The second-order valence-electron chi connectivity index (χ2n) is 4.43. The molecular weight excluding hydrogens is 268 g/mol. The van der Waals surface area contributed by atoms with Gasteiger partial charge in [-0.2, -0.15) is 23.5 Å². The van der Waals surface area contributed by atoms with Gasteiger partial charge in [0.25, 0.3) is 0 Å². The highest BCUT2D eigenvalue weighted by Crippen LogP contribution is 2.16. The van der Waals surface area contributed by atoms with Gasteiger partial charge in [-0.05, 0) is 29.1 Å². The van der Waals surface area contributed by atoms with Gasteiger partial charge in [-0.1, -0.05) is 60.7 Å². The standard InChI is InChI=1S/C17H20S2/c1-3-8-16(9-4-1)14-18-12-7-13-19-15-17-10-5-2-6-11-17/h1-6,8-11H,7,12-15H2. The fraction of sp³-hybridized carbons (Fsp3) is 0.294. The third-order valence-electron chi connectivity index (χ3n) is 2.80. The molecule has 2 heteroatoms. The minimum absolute atomic E-state index is 1.14. The van der Waals surface area contributed by atoms with Gasteiger partial charge in [-0.3, -0.25) is 0 Å². The van der Waals surface area contributed by atoms with Crippen LogP contribution >= 0.6 is 23.5 Å². The SMILES string of the molecule is c1ccc(CSCCCSCc2ccccc2)cc1. The molecule has 2 aromatic rings. The summed E-state index contributed by atoms with van der Waals surface area (Å²) in [6.07, 6.45) is 1.30. The van der Waals surface area contributed by atoms with Crippen LogP contribution in [0.4, 0.5) is 0 Å². The molecule has 0 aliphatic heterocycles. The normalized spacial score (nSPS) is 10.5. The second-order valence-corrected chi connectivity index (χ2v) is 6.64. The quantitative estimate of drug-likeness (QED) is 0.609. The average molecular weight is 288 g/mol. The number of hydrogen-bond acceptors (Lipinski definition) is 2. The van der Waals surface area contributed by atoms with Crippen molar-refractivity contribution in [3.05, 3.63) is 71.8 Å². The van der Waals surface area contributed by atoms with E-state index in [0.717, 1.165) is 11.5 Å². The van der Waals surface area contributed by atoms with E-state index >= 15 is 0 Å². The van der Waals surface area contributed by atoms with E-state index in [1.807, 2.05) is 23.5 Å². The molecule has 0 radical (unpaired) electrons. The van der Waals surface area contributed by atoms with E-state index in [2.05, 4.69) is 60.7 Å². The third kappa shape index (κ3) is 6.22. The Balaban J connectivity index is 1.49. The molecule has 2 aromatic carbocycles. The zero-order valence-electron chi connectivity index (χ0n) is 11.1. The van der Waals surface area contributed by atoms with Crippen molar-refractivity contribution in [2.45, 2.75) is 17.9 Å². The lowest BCUT2D eigenvalue weighted by Gasteiger charge is -2.03. The predicted molar refractivity (Wildman–Crippen MR) is 89.8 cm³/mol. The topological polar surface area (TPSA) is 0 Å². The summed E-state index contributed by atoms with van der Waals surface area (Å²) in [6.45, 7) is 0. The third-order valence-corrected chi connectivity index (χ3v) is 5.03. The fourth-order valence-electron chi connectivity index (χ4n) is 1.79. The van der Waals surface area contributed by atoms with Crippen LogP contribution in [0.15, 0.2) is 60.7 Å². The smallest absolute Gasteiger partial charge is 0.0184 e. The summed E-state index contributed by atoms with van der Waals surface area (Å²) in [6, 6.07) is 21.4. The molecule has 0 amide bonds. The highest BCUT2D eigenvalue weighted by molar-refractivity contribution is 7.99. The lowest BCUT2D eigenvalue weighted by molar-refractivity contribution is 1.12. The highest BCUT2D eigenvalue weighted by Gasteiger charge is 1.95. The molecule has 0 nitrogen and oxygen atoms in total. The molecule has 2 rings (SSSR count). The molecule has 0 fully saturated rings. The van der Waals surface area contributed by atoms with Crippen LogP contribution in [-0.2, 0) is 11.5 Å². The minimum Gasteiger partial charge on any atom is -0.157 e. The Kier molecular flexibility index (Phi) is 6.97. The molecule has 0 aliphatic carbocycles. The Hall–Kier alpha value is -0.860. The van der Waals surface area contributed by atoms with Gasteiger partial charge in [-0.25, -0.2) is 0 Å². The van der Waals surface area contributed by atoms with Crippen molar-refractivity contribution in [1.29, 1.82) is 0 Å². The van der Waals surface area contributed by atoms with E-state index in [0.29, 0.717) is 0 Å². The van der Waals surface area contributed by atoms with Crippen molar-refractivity contribution in [2.24, 2.45) is 0 Å². The largest absolute Gasteiger partial charge is 0.157 e. The van der Waals surface area contributed by atoms with Gasteiger partial charge in [0, 0.05) is 11.5 Å². The summed E-state index contributed by atoms with van der Waals surface area (Å²) in [5.41, 5.74) is 2.87. The van der Waals surface area contributed by atoms with Gasteiger partial charge >= 0.3 is 0 Å². The first-order valence-electron chi connectivity index (χ1n) is 6.68. The van der Waals surface area contributed by atoms with Gasteiger partial charge in [-0.15, -0.1) is 0 Å². The molecule has 0 aliphatic rings. The van der Waals surface area contributed by atoms with Crippen LogP contribution in [0.3, 0.4) is 0 Å². The molecule has 100 valence electrons. The van der Waals surface area contributed by atoms with E-state index < -0.39 is 0 Å². The molecular formula is C17H20S2. The minimum atomic E-state index is 1.14. The Labute approximate surface area is 125 Å². The first kappa shape index (κ1) is 14.5. The van der Waals surface area contributed by atoms with Gasteiger partial charge in [0.05, 0.1) is 0 Å². The second kappa shape index (κ2) is 9.11. The highest BCUT2D eigenvalue weighted by atomic mass is 32.2. The molecule has 0 saturated carbocycles. The Morgan fingerprint density at radius 1 is 0.579 bits per heavy atom. The van der Waals surface area contributed by atoms with E-state index in [9.17, 15) is 0 Å². The molecule has 0 saturated heterocycles. The van der Waals surface area contributed by atoms with Gasteiger partial charge < -0.3 is 0 Å². The van der Waals surface area contributed by atoms with Crippen molar-refractivity contribution >= 4 is 23.5 Å². The maximum atomic E-state index is 2.21. The summed E-state index contributed by atoms with van der Waals surface area (Å²) in [5, 5.41) is 0. The zero-order chi connectivity index (χ0) is 13.2. The summed E-state index contributed by atoms with van der Waals surface area (Å²) >= 11 is 4.08. The molecule has 0 bridgehead atoms. The fourth-order valence-corrected chi connectivity index (χ4v) is 3.82. The lowest BCUT2D eigenvalue weighted by atomic mass is 10.2. The van der Waals surface area contributed by atoms with E-state index in [-0.39, 0.29) is 0 Å². The first-order chi connectivity index (χ1) is 9.45. The van der Waals surface area contributed by atoms with Gasteiger partial charge in [0.15, 0.2) is 0 Å². The number of benzene rings is 2. The molecule has 0 heterocycles. The molecule has 0 aromatic heterocycles. The number of rotatable bonds is 8. The predicted octanol–water partition coefficient (Wildman–Crippen LogP) is 5.24. The summed E-state index contributed by atoms with van der Waals surface area (Å²) in [4.78, 5) is 0. The Bertz CT molecular complexity index is 396. The van der Waals surface area contributed by atoms with E-state index in [1.54, 1.807) is 0 Å². The summed E-state index contributed by atoms with van der Waals surface area (Å²) in [7, 11) is 0. The van der Waals surface area contributed by atoms with Crippen molar-refractivity contribution in [3.8, 4) is 0 Å². The number of hydrogen-bond donors (Lipinski definition) is 0. The van der Waals surface area contributed by atoms with Crippen LogP contribution in [-0.4, -0.2) is 11.5 Å². The van der Waals surface area contributed by atoms with Gasteiger partial charge in [0.1, 0.15) is 0 Å². The first-order valence-corrected chi connectivity index (χ1v) is 8.99. The van der Waals surface area contributed by atoms with Crippen LogP contribution in [0.25, 0.3) is 0 Å².